The van der Waals surface area contributed by atoms with Crippen molar-refractivity contribution in [3.8, 4) is 5.75 Å². The lowest BCUT2D eigenvalue weighted by molar-refractivity contribution is -0.0500. The van der Waals surface area contributed by atoms with E-state index in [1.165, 1.54) is 0 Å². The summed E-state index contributed by atoms with van der Waals surface area (Å²) in [4.78, 5) is 11.4. The maximum absolute atomic E-state index is 13.0. The number of carbonyl (C=O) groups excluding carboxylic acids is 1. The third-order valence-electron chi connectivity index (χ3n) is 1.74. The van der Waals surface area contributed by atoms with Gasteiger partial charge in [-0.05, 0) is 12.1 Å². The van der Waals surface area contributed by atoms with E-state index in [0.717, 1.165) is 18.2 Å². The van der Waals surface area contributed by atoms with Crippen LogP contribution >= 0.6 is 15.9 Å². The van der Waals surface area contributed by atoms with Crippen LogP contribution in [0.15, 0.2) is 18.2 Å². The molecule has 0 N–H and O–H groups in total. The van der Waals surface area contributed by atoms with Crippen LogP contribution in [0.1, 0.15) is 16.8 Å². The Kier molecular flexibility index (Phi) is 4.79. The summed E-state index contributed by atoms with van der Waals surface area (Å²) in [5, 5.41) is 0.424. The molecule has 0 aliphatic rings. The fourth-order valence-corrected chi connectivity index (χ4v) is 1.48. The van der Waals surface area contributed by atoms with E-state index >= 15 is 0 Å². The lowest BCUT2D eigenvalue weighted by Crippen LogP contribution is -2.05. The van der Waals surface area contributed by atoms with Crippen molar-refractivity contribution < 1.29 is 22.7 Å². The van der Waals surface area contributed by atoms with Gasteiger partial charge in [0.25, 0.3) is 0 Å². The minimum absolute atomic E-state index is 0.0232. The molecule has 0 saturated carbocycles. The molecule has 1 aromatic rings. The molecule has 0 bridgehead atoms. The van der Waals surface area contributed by atoms with Crippen molar-refractivity contribution in [1.82, 2.24) is 0 Å². The number of hydrogen-bond acceptors (Lipinski definition) is 2. The van der Waals surface area contributed by atoms with Crippen molar-refractivity contribution in [3.05, 3.63) is 29.6 Å². The van der Waals surface area contributed by atoms with Crippen molar-refractivity contribution >= 4 is 21.7 Å². The van der Waals surface area contributed by atoms with Crippen LogP contribution in [0.5, 0.6) is 5.75 Å². The van der Waals surface area contributed by atoms with Gasteiger partial charge in [-0.3, -0.25) is 4.79 Å². The van der Waals surface area contributed by atoms with Crippen molar-refractivity contribution in [2.45, 2.75) is 13.0 Å². The molecule has 0 spiro atoms. The van der Waals surface area contributed by atoms with Gasteiger partial charge in [0.1, 0.15) is 11.6 Å². The standard InChI is InChI=1S/C10H8BrF3O2/c11-2-1-9(15)6-3-7(12)5-8(4-6)16-10(13)14/h3-5,10H,1-2H2. The van der Waals surface area contributed by atoms with Gasteiger partial charge in [0.2, 0.25) is 0 Å². The molecule has 0 radical (unpaired) electrons. The maximum atomic E-state index is 13.0. The number of halogens is 4. The molecule has 0 aliphatic heterocycles. The van der Waals surface area contributed by atoms with Crippen LogP contribution in [0.4, 0.5) is 13.2 Å². The Hall–Kier alpha value is -1.04. The predicted molar refractivity (Wildman–Crippen MR) is 55.8 cm³/mol. The van der Waals surface area contributed by atoms with Gasteiger partial charge in [0.05, 0.1) is 0 Å². The second kappa shape index (κ2) is 5.89. The van der Waals surface area contributed by atoms with Crippen LogP contribution in [-0.2, 0) is 0 Å². The molecule has 0 amide bonds. The van der Waals surface area contributed by atoms with Gasteiger partial charge in [0.15, 0.2) is 5.78 Å². The number of carbonyl (C=O) groups is 1. The van der Waals surface area contributed by atoms with Gasteiger partial charge in [0, 0.05) is 23.4 Å². The minimum Gasteiger partial charge on any atom is -0.435 e. The number of hydrogen-bond donors (Lipinski definition) is 0. The van der Waals surface area contributed by atoms with Crippen LogP contribution in [0.2, 0.25) is 0 Å². The summed E-state index contributed by atoms with van der Waals surface area (Å²) >= 11 is 3.06. The summed E-state index contributed by atoms with van der Waals surface area (Å²) in [5.74, 6) is -1.47. The molecule has 16 heavy (non-hydrogen) atoms. The highest BCUT2D eigenvalue weighted by Crippen LogP contribution is 2.19. The Morgan fingerprint density at radius 3 is 2.62 bits per heavy atom. The van der Waals surface area contributed by atoms with E-state index in [1.807, 2.05) is 0 Å². The van der Waals surface area contributed by atoms with Gasteiger partial charge >= 0.3 is 6.61 Å². The fraction of sp³-hybridized carbons (Fsp3) is 0.300. The molecule has 6 heteroatoms. The van der Waals surface area contributed by atoms with E-state index in [1.54, 1.807) is 0 Å². The Labute approximate surface area is 98.5 Å². The number of benzene rings is 1. The number of ketones is 1. The largest absolute Gasteiger partial charge is 0.435 e. The minimum atomic E-state index is -3.04. The lowest BCUT2D eigenvalue weighted by Gasteiger charge is -2.06. The zero-order valence-electron chi connectivity index (χ0n) is 8.05. The average Bonchev–Trinajstić information content (AvgIpc) is 2.15. The third kappa shape index (κ3) is 3.84. The summed E-state index contributed by atoms with van der Waals surface area (Å²) in [6.07, 6.45) is 0.164. The second-order valence-electron chi connectivity index (χ2n) is 2.92. The van der Waals surface area contributed by atoms with E-state index < -0.39 is 12.4 Å². The van der Waals surface area contributed by atoms with Crippen LogP contribution in [0, 0.1) is 5.82 Å². The van der Waals surface area contributed by atoms with Gasteiger partial charge in [-0.2, -0.15) is 8.78 Å². The van der Waals surface area contributed by atoms with Crippen LogP contribution in [-0.4, -0.2) is 17.7 Å². The molecular weight excluding hydrogens is 289 g/mol. The maximum Gasteiger partial charge on any atom is 0.387 e. The summed E-state index contributed by atoms with van der Waals surface area (Å²) in [7, 11) is 0. The van der Waals surface area contributed by atoms with E-state index in [-0.39, 0.29) is 23.5 Å². The first-order chi connectivity index (χ1) is 7.52. The molecule has 0 atom stereocenters. The van der Waals surface area contributed by atoms with Crippen LogP contribution in [0.3, 0.4) is 0 Å². The van der Waals surface area contributed by atoms with Crippen LogP contribution in [0.25, 0.3) is 0 Å². The van der Waals surface area contributed by atoms with E-state index in [0.29, 0.717) is 5.33 Å². The number of ether oxygens (including phenoxy) is 1. The SMILES string of the molecule is O=C(CCBr)c1cc(F)cc(OC(F)F)c1. The zero-order chi connectivity index (χ0) is 12.1. The molecule has 0 aromatic heterocycles. The Bertz CT molecular complexity index is 382. The van der Waals surface area contributed by atoms with Gasteiger partial charge < -0.3 is 4.74 Å². The fourth-order valence-electron chi connectivity index (χ4n) is 1.12. The van der Waals surface area contributed by atoms with Crippen LogP contribution < -0.4 is 4.74 Å². The summed E-state index contributed by atoms with van der Waals surface area (Å²) < 4.78 is 40.8. The number of Topliss-reactive ketones (excluding diaryl/α,β-unsaturated/α-hetero) is 1. The molecular formula is C10H8BrF3O2. The van der Waals surface area contributed by atoms with E-state index in [2.05, 4.69) is 20.7 Å². The Balaban J connectivity index is 2.93. The van der Waals surface area contributed by atoms with Crippen molar-refractivity contribution in [1.29, 1.82) is 0 Å². The highest BCUT2D eigenvalue weighted by Gasteiger charge is 2.11. The molecule has 0 heterocycles. The first kappa shape index (κ1) is 13.0. The second-order valence-corrected chi connectivity index (χ2v) is 3.71. The first-order valence-electron chi connectivity index (χ1n) is 4.37. The van der Waals surface area contributed by atoms with E-state index in [4.69, 9.17) is 0 Å². The van der Waals surface area contributed by atoms with Crippen molar-refractivity contribution in [2.24, 2.45) is 0 Å². The lowest BCUT2D eigenvalue weighted by atomic mass is 10.1. The molecule has 0 saturated heterocycles. The quantitative estimate of drug-likeness (QED) is 0.615. The molecule has 2 nitrogen and oxygen atoms in total. The number of rotatable bonds is 5. The van der Waals surface area contributed by atoms with Crippen molar-refractivity contribution in [2.75, 3.05) is 5.33 Å². The summed E-state index contributed by atoms with van der Waals surface area (Å²) in [5.41, 5.74) is 0.0232. The first-order valence-corrected chi connectivity index (χ1v) is 5.49. The topological polar surface area (TPSA) is 26.3 Å². The Morgan fingerprint density at radius 1 is 1.38 bits per heavy atom. The molecule has 0 aliphatic carbocycles. The van der Waals surface area contributed by atoms with Gasteiger partial charge in [-0.15, -0.1) is 0 Å². The normalized spacial score (nSPS) is 10.6. The summed E-state index contributed by atoms with van der Waals surface area (Å²) in [6, 6.07) is 2.89. The van der Waals surface area contributed by atoms with Gasteiger partial charge in [-0.25, -0.2) is 4.39 Å². The van der Waals surface area contributed by atoms with Gasteiger partial charge in [-0.1, -0.05) is 15.9 Å². The monoisotopic (exact) mass is 296 g/mol. The average molecular weight is 297 g/mol. The highest BCUT2D eigenvalue weighted by atomic mass is 79.9. The smallest absolute Gasteiger partial charge is 0.387 e. The molecule has 88 valence electrons. The molecule has 0 unspecified atom stereocenters. The summed E-state index contributed by atoms with van der Waals surface area (Å²) in [6.45, 7) is -3.04. The zero-order valence-corrected chi connectivity index (χ0v) is 9.64. The van der Waals surface area contributed by atoms with E-state index in [9.17, 15) is 18.0 Å². The molecule has 0 fully saturated rings. The highest BCUT2D eigenvalue weighted by molar-refractivity contribution is 9.09. The third-order valence-corrected chi connectivity index (χ3v) is 2.14. The predicted octanol–water partition coefficient (Wildman–Crippen LogP) is 3.39. The molecule has 1 aromatic carbocycles. The molecule has 1 rings (SSSR count). The Morgan fingerprint density at radius 2 is 2.06 bits per heavy atom. The number of alkyl halides is 3. The van der Waals surface area contributed by atoms with Crippen molar-refractivity contribution in [3.63, 3.8) is 0 Å².